The lowest BCUT2D eigenvalue weighted by atomic mass is 9.92. The van der Waals surface area contributed by atoms with Crippen molar-refractivity contribution in [2.45, 2.75) is 18.9 Å². The number of hydrogen-bond acceptors (Lipinski definition) is 7. The Bertz CT molecular complexity index is 626. The summed E-state index contributed by atoms with van der Waals surface area (Å²) in [6, 6.07) is 3.48. The van der Waals surface area contributed by atoms with Crippen molar-refractivity contribution in [1.82, 2.24) is 0 Å². The second-order valence-corrected chi connectivity index (χ2v) is 5.75. The van der Waals surface area contributed by atoms with Crippen LogP contribution in [0.4, 0.5) is 5.69 Å². The maximum absolute atomic E-state index is 12.4. The topological polar surface area (TPSA) is 117 Å². The number of esters is 2. The predicted octanol–water partition coefficient (Wildman–Crippen LogP) is 1.37. The number of methoxy groups -OCH3 is 2. The molecule has 1 aromatic rings. The number of benzene rings is 1. The Morgan fingerprint density at radius 3 is 2.04 bits per heavy atom. The molecule has 0 aliphatic carbocycles. The molecular weight excluding hydrogens is 364 g/mol. The number of hydrogen-bond donors (Lipinski definition) is 2. The van der Waals surface area contributed by atoms with E-state index in [1.54, 1.807) is 0 Å². The van der Waals surface area contributed by atoms with Crippen LogP contribution in [0.25, 0.3) is 0 Å². The highest BCUT2D eigenvalue weighted by Gasteiger charge is 2.27. The van der Waals surface area contributed by atoms with Gasteiger partial charge in [-0.25, -0.2) is 9.59 Å². The first-order chi connectivity index (χ1) is 12.0. The number of rotatable bonds is 5. The summed E-state index contributed by atoms with van der Waals surface area (Å²) < 4.78 is 14.6. The van der Waals surface area contributed by atoms with Crippen molar-refractivity contribution < 1.29 is 28.6 Å². The number of nitrogens with one attached hydrogen (secondary N) is 1. The molecular formula is C17H23ClN2O6. The molecule has 144 valence electrons. The van der Waals surface area contributed by atoms with Crippen molar-refractivity contribution >= 4 is 35.9 Å². The Morgan fingerprint density at radius 2 is 1.58 bits per heavy atom. The maximum Gasteiger partial charge on any atom is 0.337 e. The van der Waals surface area contributed by atoms with E-state index in [1.807, 2.05) is 0 Å². The van der Waals surface area contributed by atoms with Gasteiger partial charge in [0.15, 0.2) is 0 Å². The molecule has 8 nitrogen and oxygen atoms in total. The van der Waals surface area contributed by atoms with Gasteiger partial charge >= 0.3 is 11.9 Å². The number of halogens is 1. The molecule has 1 aliphatic heterocycles. The van der Waals surface area contributed by atoms with E-state index >= 15 is 0 Å². The van der Waals surface area contributed by atoms with Gasteiger partial charge in [-0.2, -0.15) is 0 Å². The predicted molar refractivity (Wildman–Crippen MR) is 96.5 cm³/mol. The van der Waals surface area contributed by atoms with Gasteiger partial charge in [-0.1, -0.05) is 0 Å². The fourth-order valence-corrected chi connectivity index (χ4v) is 2.69. The standard InChI is InChI=1S/C17H22N2O6.ClH/c1-23-16(21)11-7-12(17(22)24-2)9-13(8-11)19-15(20)14(18)10-3-5-25-6-4-10;/h7-10,14H,3-6,18H2,1-2H3,(H,19,20);1H. The lowest BCUT2D eigenvalue weighted by Crippen LogP contribution is -2.44. The van der Waals surface area contributed by atoms with E-state index in [-0.39, 0.29) is 41.0 Å². The van der Waals surface area contributed by atoms with Crippen LogP contribution in [0.1, 0.15) is 33.6 Å². The summed E-state index contributed by atoms with van der Waals surface area (Å²) in [5.74, 6) is -1.62. The van der Waals surface area contributed by atoms with Gasteiger partial charge in [0.05, 0.1) is 31.4 Å². The number of anilines is 1. The van der Waals surface area contributed by atoms with Crippen LogP contribution in [0.5, 0.6) is 0 Å². The van der Waals surface area contributed by atoms with Crippen molar-refractivity contribution in [1.29, 1.82) is 0 Å². The Kier molecular flexibility index (Phi) is 8.50. The number of carbonyl (C=O) groups is 3. The van der Waals surface area contributed by atoms with Crippen molar-refractivity contribution in [2.75, 3.05) is 32.8 Å². The molecule has 0 bridgehead atoms. The second-order valence-electron chi connectivity index (χ2n) is 5.75. The monoisotopic (exact) mass is 386 g/mol. The average molecular weight is 387 g/mol. The van der Waals surface area contributed by atoms with E-state index in [2.05, 4.69) is 14.8 Å². The number of amides is 1. The molecule has 1 fully saturated rings. The van der Waals surface area contributed by atoms with Gasteiger partial charge in [-0.3, -0.25) is 4.79 Å². The second kappa shape index (κ2) is 10.1. The Balaban J connectivity index is 0.00000338. The van der Waals surface area contributed by atoms with Crippen molar-refractivity contribution in [3.63, 3.8) is 0 Å². The van der Waals surface area contributed by atoms with E-state index < -0.39 is 18.0 Å². The SMILES string of the molecule is COC(=O)c1cc(NC(=O)C(N)C2CCOCC2)cc(C(=O)OC)c1.Cl. The summed E-state index contributed by atoms with van der Waals surface area (Å²) in [6.07, 6.45) is 1.42. The smallest absolute Gasteiger partial charge is 0.337 e. The summed E-state index contributed by atoms with van der Waals surface area (Å²) in [5, 5.41) is 2.66. The van der Waals surface area contributed by atoms with Crippen LogP contribution in [-0.4, -0.2) is 51.3 Å². The van der Waals surface area contributed by atoms with Gasteiger partial charge in [-0.05, 0) is 37.0 Å². The van der Waals surface area contributed by atoms with Crippen LogP contribution in [0.3, 0.4) is 0 Å². The lowest BCUT2D eigenvalue weighted by molar-refractivity contribution is -0.119. The van der Waals surface area contributed by atoms with Crippen molar-refractivity contribution in [3.05, 3.63) is 29.3 Å². The van der Waals surface area contributed by atoms with Gasteiger partial charge in [-0.15, -0.1) is 12.4 Å². The van der Waals surface area contributed by atoms with Crippen molar-refractivity contribution in [2.24, 2.45) is 11.7 Å². The van der Waals surface area contributed by atoms with Crippen LogP contribution in [0, 0.1) is 5.92 Å². The highest BCUT2D eigenvalue weighted by Crippen LogP contribution is 2.21. The highest BCUT2D eigenvalue weighted by molar-refractivity contribution is 6.00. The molecule has 1 aliphatic rings. The minimum Gasteiger partial charge on any atom is -0.465 e. The van der Waals surface area contributed by atoms with E-state index in [1.165, 1.54) is 32.4 Å². The van der Waals surface area contributed by atoms with Crippen molar-refractivity contribution in [3.8, 4) is 0 Å². The van der Waals surface area contributed by atoms with Gasteiger partial charge in [0, 0.05) is 18.9 Å². The first-order valence-corrected chi connectivity index (χ1v) is 7.92. The molecule has 3 N–H and O–H groups in total. The van der Waals surface area contributed by atoms with Gasteiger partial charge < -0.3 is 25.3 Å². The van der Waals surface area contributed by atoms with Crippen LogP contribution in [-0.2, 0) is 19.0 Å². The van der Waals surface area contributed by atoms with E-state index in [4.69, 9.17) is 10.5 Å². The minimum atomic E-state index is -0.702. The Morgan fingerprint density at radius 1 is 1.08 bits per heavy atom. The fraction of sp³-hybridized carbons (Fsp3) is 0.471. The molecule has 0 spiro atoms. The van der Waals surface area contributed by atoms with E-state index in [9.17, 15) is 14.4 Å². The zero-order valence-corrected chi connectivity index (χ0v) is 15.5. The van der Waals surface area contributed by atoms with Gasteiger partial charge in [0.25, 0.3) is 0 Å². The third kappa shape index (κ3) is 5.42. The third-order valence-electron chi connectivity index (χ3n) is 4.12. The van der Waals surface area contributed by atoms with Crippen LogP contribution >= 0.6 is 12.4 Å². The Labute approximate surface area is 157 Å². The molecule has 9 heteroatoms. The normalized spacial score (nSPS) is 15.3. The number of nitrogens with two attached hydrogens (primary N) is 1. The highest BCUT2D eigenvalue weighted by atomic mass is 35.5. The molecule has 1 heterocycles. The molecule has 2 rings (SSSR count). The molecule has 0 aromatic heterocycles. The molecule has 26 heavy (non-hydrogen) atoms. The summed E-state index contributed by atoms with van der Waals surface area (Å²) in [5.41, 5.74) is 6.56. The summed E-state index contributed by atoms with van der Waals surface area (Å²) in [6.45, 7) is 1.16. The van der Waals surface area contributed by atoms with Gasteiger partial charge in [0.1, 0.15) is 0 Å². The first-order valence-electron chi connectivity index (χ1n) is 7.92. The van der Waals surface area contributed by atoms with Crippen LogP contribution < -0.4 is 11.1 Å². The molecule has 1 saturated heterocycles. The van der Waals surface area contributed by atoms with Crippen LogP contribution in [0.15, 0.2) is 18.2 Å². The quantitative estimate of drug-likeness (QED) is 0.734. The largest absolute Gasteiger partial charge is 0.465 e. The minimum absolute atomic E-state index is 0. The van der Waals surface area contributed by atoms with Gasteiger partial charge in [0.2, 0.25) is 5.91 Å². The molecule has 0 radical (unpaired) electrons. The average Bonchev–Trinajstić information content (AvgIpc) is 2.66. The fourth-order valence-electron chi connectivity index (χ4n) is 2.69. The third-order valence-corrected chi connectivity index (χ3v) is 4.12. The molecule has 1 unspecified atom stereocenters. The molecule has 1 amide bonds. The summed E-state index contributed by atoms with van der Waals surface area (Å²) in [7, 11) is 2.46. The lowest BCUT2D eigenvalue weighted by Gasteiger charge is -2.26. The molecule has 1 aromatic carbocycles. The van der Waals surface area contributed by atoms with Crippen LogP contribution in [0.2, 0.25) is 0 Å². The van der Waals surface area contributed by atoms with E-state index in [0.717, 1.165) is 0 Å². The summed E-state index contributed by atoms with van der Waals surface area (Å²) >= 11 is 0. The number of ether oxygens (including phenoxy) is 3. The zero-order valence-electron chi connectivity index (χ0n) is 14.7. The summed E-state index contributed by atoms with van der Waals surface area (Å²) in [4.78, 5) is 35.9. The Hall–Kier alpha value is -2.16. The first kappa shape index (κ1) is 21.9. The maximum atomic E-state index is 12.4. The molecule has 1 atom stereocenters. The number of carbonyl (C=O) groups excluding carboxylic acids is 3. The zero-order chi connectivity index (χ0) is 18.4. The molecule has 0 saturated carbocycles. The van der Waals surface area contributed by atoms with E-state index in [0.29, 0.717) is 26.1 Å².